The molecule has 0 spiro atoms. The first-order valence-corrected chi connectivity index (χ1v) is 25.7. The highest BCUT2D eigenvalue weighted by Gasteiger charge is 2.21. The lowest BCUT2D eigenvalue weighted by Gasteiger charge is -2.26. The Labute approximate surface area is 434 Å². The van der Waals surface area contributed by atoms with Crippen molar-refractivity contribution in [2.45, 2.75) is 0 Å². The zero-order valence-electron chi connectivity index (χ0n) is 40.9. The van der Waals surface area contributed by atoms with Crippen LogP contribution in [0.2, 0.25) is 0 Å². The van der Waals surface area contributed by atoms with Gasteiger partial charge in [-0.05, 0) is 162 Å². The highest BCUT2D eigenvalue weighted by molar-refractivity contribution is 6.26. The second-order valence-electron chi connectivity index (χ2n) is 19.6. The number of anilines is 3. The van der Waals surface area contributed by atoms with Gasteiger partial charge in [0, 0.05) is 33.2 Å². The minimum Gasteiger partial charge on any atom is -0.456 e. The van der Waals surface area contributed by atoms with E-state index in [1.54, 1.807) is 0 Å². The van der Waals surface area contributed by atoms with Crippen LogP contribution in [-0.4, -0.2) is 4.57 Å². The van der Waals surface area contributed by atoms with Crippen LogP contribution in [0.4, 0.5) is 17.1 Å². The third kappa shape index (κ3) is 7.12. The second kappa shape index (κ2) is 17.4. The summed E-state index contributed by atoms with van der Waals surface area (Å²) in [7, 11) is 0. The molecule has 75 heavy (non-hydrogen) atoms. The highest BCUT2D eigenvalue weighted by Crippen LogP contribution is 2.45. The van der Waals surface area contributed by atoms with E-state index in [-0.39, 0.29) is 0 Å². The first kappa shape index (κ1) is 42.7. The third-order valence-corrected chi connectivity index (χ3v) is 15.4. The maximum absolute atomic E-state index is 6.37. The van der Waals surface area contributed by atoms with Crippen LogP contribution in [0.5, 0.6) is 0 Å². The Morgan fingerprint density at radius 2 is 0.653 bits per heavy atom. The topological polar surface area (TPSA) is 21.3 Å². The first-order chi connectivity index (χ1) is 37.2. The van der Waals surface area contributed by atoms with E-state index in [4.69, 9.17) is 4.42 Å². The van der Waals surface area contributed by atoms with Crippen molar-refractivity contribution in [3.05, 3.63) is 279 Å². The Bertz CT molecular complexity index is 4630. The fraction of sp³-hybridized carbons (Fsp3) is 0. The molecule has 2 aromatic heterocycles. The van der Waals surface area contributed by atoms with Gasteiger partial charge in [-0.1, -0.05) is 194 Å². The van der Waals surface area contributed by atoms with Crippen molar-refractivity contribution >= 4 is 93.1 Å². The Balaban J connectivity index is 0.841. The fourth-order valence-corrected chi connectivity index (χ4v) is 11.8. The lowest BCUT2D eigenvalue weighted by molar-refractivity contribution is 0.669. The number of nitrogens with zero attached hydrogens (tertiary/aromatic N) is 2. The average Bonchev–Trinajstić information content (AvgIpc) is 4.04. The summed E-state index contributed by atoms with van der Waals surface area (Å²) in [6.45, 7) is 0. The lowest BCUT2D eigenvalue weighted by atomic mass is 9.92. The smallest absolute Gasteiger partial charge is 0.137 e. The molecule has 0 saturated heterocycles. The van der Waals surface area contributed by atoms with E-state index in [0.717, 1.165) is 61.3 Å². The molecular formula is C72H46N2O. The average molecular weight is 955 g/mol. The molecule has 0 amide bonds. The summed E-state index contributed by atoms with van der Waals surface area (Å²) in [5.74, 6) is 0. The molecule has 15 aromatic rings. The summed E-state index contributed by atoms with van der Waals surface area (Å²) >= 11 is 0. The Morgan fingerprint density at radius 3 is 1.25 bits per heavy atom. The highest BCUT2D eigenvalue weighted by atomic mass is 16.3. The first-order valence-electron chi connectivity index (χ1n) is 25.7. The maximum atomic E-state index is 6.37. The Morgan fingerprint density at radius 1 is 0.253 bits per heavy atom. The summed E-state index contributed by atoms with van der Waals surface area (Å²) in [6.07, 6.45) is 0. The molecule has 0 atom stereocenters. The van der Waals surface area contributed by atoms with Crippen molar-refractivity contribution in [2.75, 3.05) is 4.90 Å². The standard InChI is InChI=1S/C72H46N2O/c1-3-14-47(15-4-1)48-26-28-49(29-27-48)53-35-42-67-65(45-53)66-46-54(51-30-37-56(38-31-51)73(55-16-5-2-6-17-55)69-23-13-25-71-72(69)63-22-11-12-24-70(63)75-71)36-43-68(66)74(67)57-39-32-50(33-40-57)52-34-41-62-60-20-8-7-18-58(60)59-19-9-10-21-61(59)64(62)44-52/h1-46H. The summed E-state index contributed by atoms with van der Waals surface area (Å²) in [5.41, 5.74) is 17.9. The van der Waals surface area contributed by atoms with Crippen LogP contribution in [0.15, 0.2) is 283 Å². The minimum atomic E-state index is 0.870. The molecule has 0 bridgehead atoms. The molecule has 2 heterocycles. The van der Waals surface area contributed by atoms with Gasteiger partial charge in [0.25, 0.3) is 0 Å². The molecule has 0 aliphatic heterocycles. The van der Waals surface area contributed by atoms with E-state index in [2.05, 4.69) is 276 Å². The molecule has 3 heteroatoms. The van der Waals surface area contributed by atoms with Crippen LogP contribution in [0.1, 0.15) is 0 Å². The molecule has 0 fully saturated rings. The molecular weight excluding hydrogens is 909 g/mol. The van der Waals surface area contributed by atoms with E-state index >= 15 is 0 Å². The molecule has 0 radical (unpaired) electrons. The van der Waals surface area contributed by atoms with E-state index < -0.39 is 0 Å². The predicted molar refractivity (Wildman–Crippen MR) is 317 cm³/mol. The van der Waals surface area contributed by atoms with Crippen molar-refractivity contribution in [3.63, 3.8) is 0 Å². The number of fused-ring (bicyclic) bond motifs is 12. The van der Waals surface area contributed by atoms with Gasteiger partial charge in [-0.2, -0.15) is 0 Å². The number of hydrogen-bond acceptors (Lipinski definition) is 2. The molecule has 0 saturated carbocycles. The normalized spacial score (nSPS) is 11.7. The van der Waals surface area contributed by atoms with E-state index in [9.17, 15) is 0 Å². The van der Waals surface area contributed by atoms with Gasteiger partial charge in [0.15, 0.2) is 0 Å². The van der Waals surface area contributed by atoms with E-state index in [1.165, 1.54) is 82.0 Å². The van der Waals surface area contributed by atoms with Gasteiger partial charge in [-0.25, -0.2) is 0 Å². The number of benzene rings is 13. The van der Waals surface area contributed by atoms with Gasteiger partial charge >= 0.3 is 0 Å². The molecule has 0 unspecified atom stereocenters. The molecule has 13 aromatic carbocycles. The van der Waals surface area contributed by atoms with Crippen molar-refractivity contribution in [1.29, 1.82) is 0 Å². The number of aromatic nitrogens is 1. The van der Waals surface area contributed by atoms with Crippen LogP contribution in [-0.2, 0) is 0 Å². The summed E-state index contributed by atoms with van der Waals surface area (Å²) in [5, 5.41) is 12.3. The van der Waals surface area contributed by atoms with Crippen LogP contribution in [0, 0.1) is 0 Å². The molecule has 0 aliphatic carbocycles. The number of para-hydroxylation sites is 2. The largest absolute Gasteiger partial charge is 0.456 e. The predicted octanol–water partition coefficient (Wildman–Crippen LogP) is 20.3. The minimum absolute atomic E-state index is 0.870. The number of hydrogen-bond donors (Lipinski definition) is 0. The van der Waals surface area contributed by atoms with E-state index in [0.29, 0.717) is 0 Å². The maximum Gasteiger partial charge on any atom is 0.137 e. The summed E-state index contributed by atoms with van der Waals surface area (Å²) in [6, 6.07) is 101. The van der Waals surface area contributed by atoms with Gasteiger partial charge in [0.05, 0.1) is 22.1 Å². The third-order valence-electron chi connectivity index (χ3n) is 15.4. The fourth-order valence-electron chi connectivity index (χ4n) is 11.8. The molecule has 0 aliphatic rings. The quantitative estimate of drug-likeness (QED) is 0.142. The SMILES string of the molecule is c1ccc(-c2ccc(-c3ccc4c(c3)c3cc(-c5ccc(N(c6ccccc6)c6cccc7oc8ccccc8c67)cc5)ccc3n4-c3ccc(-c4ccc5c6ccccc6c6ccccc6c5c4)cc3)cc2)cc1. The van der Waals surface area contributed by atoms with Crippen molar-refractivity contribution in [1.82, 2.24) is 4.57 Å². The lowest BCUT2D eigenvalue weighted by Crippen LogP contribution is -2.10. The summed E-state index contributed by atoms with van der Waals surface area (Å²) < 4.78 is 8.80. The van der Waals surface area contributed by atoms with Crippen molar-refractivity contribution in [2.24, 2.45) is 0 Å². The van der Waals surface area contributed by atoms with Gasteiger partial charge in [0.1, 0.15) is 11.2 Å². The molecule has 0 N–H and O–H groups in total. The van der Waals surface area contributed by atoms with Crippen LogP contribution in [0.25, 0.3) is 126 Å². The van der Waals surface area contributed by atoms with Gasteiger partial charge in [-0.15, -0.1) is 0 Å². The number of furan rings is 1. The summed E-state index contributed by atoms with van der Waals surface area (Å²) in [4.78, 5) is 2.34. The number of rotatable bonds is 8. The van der Waals surface area contributed by atoms with Crippen LogP contribution in [0.3, 0.4) is 0 Å². The zero-order chi connectivity index (χ0) is 49.4. The Kier molecular flexibility index (Phi) is 9.89. The molecule has 15 rings (SSSR count). The Hall–Kier alpha value is -9.96. The second-order valence-corrected chi connectivity index (χ2v) is 19.6. The monoisotopic (exact) mass is 954 g/mol. The van der Waals surface area contributed by atoms with Gasteiger partial charge in [0.2, 0.25) is 0 Å². The van der Waals surface area contributed by atoms with Crippen molar-refractivity contribution < 1.29 is 4.42 Å². The van der Waals surface area contributed by atoms with Crippen LogP contribution >= 0.6 is 0 Å². The van der Waals surface area contributed by atoms with Crippen molar-refractivity contribution in [3.8, 4) is 50.2 Å². The molecule has 350 valence electrons. The molecule has 3 nitrogen and oxygen atoms in total. The van der Waals surface area contributed by atoms with E-state index in [1.807, 2.05) is 12.1 Å². The van der Waals surface area contributed by atoms with Gasteiger partial charge < -0.3 is 13.9 Å². The van der Waals surface area contributed by atoms with Crippen LogP contribution < -0.4 is 4.90 Å². The zero-order valence-corrected chi connectivity index (χ0v) is 40.9. The van der Waals surface area contributed by atoms with Gasteiger partial charge in [-0.3, -0.25) is 0 Å².